The third-order valence-electron chi connectivity index (χ3n) is 6.28. The van der Waals surface area contributed by atoms with Crippen molar-refractivity contribution < 1.29 is 4.74 Å². The fraction of sp³-hybridized carbons (Fsp3) is 0.185. The molecular weight excluding hydrogens is 452 g/mol. The third kappa shape index (κ3) is 4.50. The summed E-state index contributed by atoms with van der Waals surface area (Å²) in [6.45, 7) is 11.5. The van der Waals surface area contributed by atoms with Gasteiger partial charge in [-0.05, 0) is 55.0 Å². The number of rotatable bonds is 8. The number of likely N-dealkylation sites (tertiary alicyclic amines) is 1. The average molecular weight is 481 g/mol. The van der Waals surface area contributed by atoms with Crippen LogP contribution in [0.25, 0.3) is 11.0 Å². The van der Waals surface area contributed by atoms with Crippen LogP contribution < -0.4 is 21.0 Å². The van der Waals surface area contributed by atoms with E-state index in [1.54, 1.807) is 36.4 Å². The molecule has 4 aromatic rings. The van der Waals surface area contributed by atoms with E-state index in [4.69, 9.17) is 15.1 Å². The summed E-state index contributed by atoms with van der Waals surface area (Å²) in [7, 11) is 1.76. The lowest BCUT2D eigenvalue weighted by Gasteiger charge is -2.41. The van der Waals surface area contributed by atoms with Crippen LogP contribution in [0, 0.1) is 12.3 Å². The van der Waals surface area contributed by atoms with Crippen molar-refractivity contribution in [1.82, 2.24) is 24.5 Å². The topological polar surface area (TPSA) is 104 Å². The van der Waals surface area contributed by atoms with Crippen LogP contribution in [0.4, 0.5) is 11.5 Å². The zero-order valence-corrected chi connectivity index (χ0v) is 20.3. The van der Waals surface area contributed by atoms with E-state index in [0.717, 1.165) is 46.8 Å². The number of pyridine rings is 2. The van der Waals surface area contributed by atoms with Crippen LogP contribution in [0.3, 0.4) is 0 Å². The highest BCUT2D eigenvalue weighted by Gasteiger charge is 2.29. The lowest BCUT2D eigenvalue weighted by atomic mass is 9.95. The van der Waals surface area contributed by atoms with Crippen molar-refractivity contribution in [3.8, 4) is 11.5 Å². The molecule has 0 bridgehead atoms. The number of aromatic nitrogens is 4. The molecule has 9 heteroatoms. The summed E-state index contributed by atoms with van der Waals surface area (Å²) in [6, 6.07) is 13.3. The molecule has 0 unspecified atom stereocenters. The first-order valence-electron chi connectivity index (χ1n) is 11.6. The Morgan fingerprint density at radius 3 is 2.72 bits per heavy atom. The molecule has 36 heavy (non-hydrogen) atoms. The first-order chi connectivity index (χ1) is 17.4. The minimum absolute atomic E-state index is 0.300. The van der Waals surface area contributed by atoms with Gasteiger partial charge in [-0.1, -0.05) is 13.2 Å². The predicted octanol–water partition coefficient (Wildman–Crippen LogP) is 4.42. The largest absolute Gasteiger partial charge is 0.457 e. The quantitative estimate of drug-likeness (QED) is 0.321. The maximum atomic E-state index is 8.03. The molecule has 9 nitrogen and oxygen atoms in total. The second kappa shape index (κ2) is 9.53. The molecule has 5 rings (SSSR count). The molecule has 1 aliphatic rings. The first kappa shape index (κ1) is 23.1. The van der Waals surface area contributed by atoms with Gasteiger partial charge in [0.25, 0.3) is 0 Å². The number of allylic oxidation sites excluding steroid dienone is 1. The predicted molar refractivity (Wildman–Crippen MR) is 141 cm³/mol. The fourth-order valence-corrected chi connectivity index (χ4v) is 4.15. The van der Waals surface area contributed by atoms with Crippen molar-refractivity contribution in [2.75, 3.05) is 30.9 Å². The van der Waals surface area contributed by atoms with E-state index in [0.29, 0.717) is 28.7 Å². The van der Waals surface area contributed by atoms with Crippen LogP contribution in [0.2, 0.25) is 0 Å². The van der Waals surface area contributed by atoms with Crippen molar-refractivity contribution in [3.63, 3.8) is 0 Å². The summed E-state index contributed by atoms with van der Waals surface area (Å²) in [5.74, 6) is 2.30. The van der Waals surface area contributed by atoms with Crippen LogP contribution in [-0.4, -0.2) is 44.7 Å². The Morgan fingerprint density at radius 1 is 1.17 bits per heavy atom. The first-order valence-corrected chi connectivity index (χ1v) is 11.6. The number of aryl methyl sites for hydroxylation is 1. The number of hydrogen-bond donors (Lipinski definition) is 3. The molecule has 1 saturated heterocycles. The minimum Gasteiger partial charge on any atom is -0.457 e. The van der Waals surface area contributed by atoms with Crippen LogP contribution in [-0.2, 0) is 0 Å². The highest BCUT2D eigenvalue weighted by atomic mass is 16.5. The van der Waals surface area contributed by atoms with Gasteiger partial charge in [-0.2, -0.15) is 0 Å². The van der Waals surface area contributed by atoms with Crippen molar-refractivity contribution >= 4 is 22.5 Å². The fourth-order valence-electron chi connectivity index (χ4n) is 4.15. The Morgan fingerprint density at radius 2 is 2.00 bits per heavy atom. The summed E-state index contributed by atoms with van der Waals surface area (Å²) in [4.78, 5) is 16.0. The van der Waals surface area contributed by atoms with E-state index in [2.05, 4.69) is 38.8 Å². The number of nitrogens with zero attached hydrogens (tertiary/aromatic N) is 5. The molecule has 0 atom stereocenters. The van der Waals surface area contributed by atoms with Gasteiger partial charge in [0.05, 0.1) is 5.52 Å². The second-order valence-corrected chi connectivity index (χ2v) is 8.67. The molecule has 4 heterocycles. The SMILES string of the molecule is C=CC(=C)N1CC(c2ccc3ncnc(Nc4ccc(Oc5ccn(NC)c(=N)c5)c(C)c4)c3n2)C1. The number of anilines is 2. The van der Waals surface area contributed by atoms with Crippen LogP contribution >= 0.6 is 0 Å². The smallest absolute Gasteiger partial charge is 0.160 e. The molecule has 3 N–H and O–H groups in total. The molecule has 0 saturated carbocycles. The summed E-state index contributed by atoms with van der Waals surface area (Å²) >= 11 is 0. The van der Waals surface area contributed by atoms with Gasteiger partial charge < -0.3 is 20.4 Å². The Labute approximate surface area is 209 Å². The van der Waals surface area contributed by atoms with Crippen molar-refractivity contribution in [3.05, 3.63) is 96.7 Å². The van der Waals surface area contributed by atoms with E-state index in [1.807, 2.05) is 43.3 Å². The zero-order chi connectivity index (χ0) is 25.2. The molecule has 1 aromatic carbocycles. The van der Waals surface area contributed by atoms with E-state index >= 15 is 0 Å². The van der Waals surface area contributed by atoms with Crippen LogP contribution in [0.1, 0.15) is 17.2 Å². The Kier molecular flexibility index (Phi) is 6.12. The summed E-state index contributed by atoms with van der Waals surface area (Å²) < 4.78 is 7.61. The number of hydrogen-bond acceptors (Lipinski definition) is 8. The molecular formula is C27H28N8O. The molecule has 182 valence electrons. The molecule has 1 fully saturated rings. The molecule has 0 aliphatic carbocycles. The van der Waals surface area contributed by atoms with Gasteiger partial charge in [0.15, 0.2) is 5.82 Å². The second-order valence-electron chi connectivity index (χ2n) is 8.67. The summed E-state index contributed by atoms with van der Waals surface area (Å²) in [5.41, 5.74) is 8.50. The maximum Gasteiger partial charge on any atom is 0.160 e. The number of benzene rings is 1. The lowest BCUT2D eigenvalue weighted by molar-refractivity contribution is 0.203. The Hall–Kier alpha value is -4.66. The molecule has 0 spiro atoms. The van der Waals surface area contributed by atoms with Gasteiger partial charge in [0, 0.05) is 55.4 Å². The van der Waals surface area contributed by atoms with Crippen molar-refractivity contribution in [2.45, 2.75) is 12.8 Å². The van der Waals surface area contributed by atoms with Gasteiger partial charge in [-0.25, -0.2) is 15.0 Å². The van der Waals surface area contributed by atoms with E-state index in [-0.39, 0.29) is 0 Å². The normalized spacial score (nSPS) is 13.2. The lowest BCUT2D eigenvalue weighted by Crippen LogP contribution is -2.43. The molecule has 0 amide bonds. The van der Waals surface area contributed by atoms with Crippen LogP contribution in [0.5, 0.6) is 11.5 Å². The Balaban J connectivity index is 1.35. The molecule has 1 aliphatic heterocycles. The highest BCUT2D eigenvalue weighted by molar-refractivity contribution is 5.87. The molecule has 0 radical (unpaired) electrons. The number of ether oxygens (including phenoxy) is 1. The number of nitrogens with one attached hydrogen (secondary N) is 3. The van der Waals surface area contributed by atoms with Gasteiger partial charge >= 0.3 is 0 Å². The maximum absolute atomic E-state index is 8.03. The minimum atomic E-state index is 0.300. The summed E-state index contributed by atoms with van der Waals surface area (Å²) in [6.07, 6.45) is 5.07. The zero-order valence-electron chi connectivity index (χ0n) is 20.3. The van der Waals surface area contributed by atoms with E-state index < -0.39 is 0 Å². The number of fused-ring (bicyclic) bond motifs is 1. The highest BCUT2D eigenvalue weighted by Crippen LogP contribution is 2.32. The summed E-state index contributed by atoms with van der Waals surface area (Å²) in [5, 5.41) is 11.4. The van der Waals surface area contributed by atoms with E-state index in [1.165, 1.54) is 0 Å². The third-order valence-corrected chi connectivity index (χ3v) is 6.28. The average Bonchev–Trinajstić information content (AvgIpc) is 2.85. The van der Waals surface area contributed by atoms with Gasteiger partial charge in [-0.3, -0.25) is 10.1 Å². The van der Waals surface area contributed by atoms with E-state index in [9.17, 15) is 0 Å². The van der Waals surface area contributed by atoms with Crippen molar-refractivity contribution in [2.24, 2.45) is 0 Å². The van der Waals surface area contributed by atoms with Gasteiger partial charge in [0.1, 0.15) is 28.8 Å². The molecule has 3 aromatic heterocycles. The standard InChI is InChI=1S/C27H28N8O/c1-5-18(3)34-14-19(15-34)22-7-8-23-26(33-22)27(31-16-30-23)32-20-6-9-24(17(2)12-20)36-21-10-11-35(29-4)25(28)13-21/h5-13,16,19,28-29H,1,3,14-15H2,2,4H3,(H,30,31,32). The monoisotopic (exact) mass is 480 g/mol. The van der Waals surface area contributed by atoms with Crippen LogP contribution in [0.15, 0.2) is 79.9 Å². The van der Waals surface area contributed by atoms with Gasteiger partial charge in [0.2, 0.25) is 0 Å². The van der Waals surface area contributed by atoms with Gasteiger partial charge in [-0.15, -0.1) is 0 Å². The Bertz CT molecular complexity index is 1520. The van der Waals surface area contributed by atoms with Crippen molar-refractivity contribution in [1.29, 1.82) is 5.41 Å².